The number of nitriles is 1. The van der Waals surface area contributed by atoms with E-state index in [4.69, 9.17) is 5.26 Å². The van der Waals surface area contributed by atoms with E-state index in [0.29, 0.717) is 13.0 Å². The minimum Gasteiger partial charge on any atom is -0.311 e. The first kappa shape index (κ1) is 11.3. The van der Waals surface area contributed by atoms with Crippen molar-refractivity contribution in [1.29, 1.82) is 5.26 Å². The van der Waals surface area contributed by atoms with E-state index in [1.54, 1.807) is 0 Å². The van der Waals surface area contributed by atoms with Crippen molar-refractivity contribution in [3.05, 3.63) is 29.3 Å². The maximum absolute atomic E-state index is 12.0. The van der Waals surface area contributed by atoms with Crippen LogP contribution in [-0.2, 0) is 17.6 Å². The fourth-order valence-corrected chi connectivity index (χ4v) is 3.04. The molecule has 1 aromatic carbocycles. The second-order valence-electron chi connectivity index (χ2n) is 5.16. The highest BCUT2D eigenvalue weighted by atomic mass is 16.2. The molecule has 0 N–H and O–H groups in total. The molecular weight excluding hydrogens is 224 g/mol. The molecule has 0 aromatic heterocycles. The third-order valence-corrected chi connectivity index (χ3v) is 3.97. The first-order valence-electron chi connectivity index (χ1n) is 6.60. The van der Waals surface area contributed by atoms with Crippen LogP contribution in [0.2, 0.25) is 0 Å². The fraction of sp³-hybridized carbons (Fsp3) is 0.467. The Labute approximate surface area is 107 Å². The average molecular weight is 240 g/mol. The molecule has 1 fully saturated rings. The Balaban J connectivity index is 1.98. The summed E-state index contributed by atoms with van der Waals surface area (Å²) in [6.07, 6.45) is 5.00. The zero-order valence-electron chi connectivity index (χ0n) is 10.4. The van der Waals surface area contributed by atoms with E-state index in [9.17, 15) is 4.79 Å². The number of hydrogen-bond acceptors (Lipinski definition) is 2. The predicted molar refractivity (Wildman–Crippen MR) is 69.2 cm³/mol. The van der Waals surface area contributed by atoms with Gasteiger partial charge in [0.15, 0.2) is 0 Å². The molecule has 92 valence electrons. The van der Waals surface area contributed by atoms with E-state index in [2.05, 4.69) is 12.1 Å². The van der Waals surface area contributed by atoms with Crippen molar-refractivity contribution in [2.45, 2.75) is 32.1 Å². The number of nitrogens with zero attached hydrogens (tertiary/aromatic N) is 2. The highest BCUT2D eigenvalue weighted by Crippen LogP contribution is 2.33. The van der Waals surface area contributed by atoms with Crippen LogP contribution in [0.5, 0.6) is 0 Å². The molecule has 3 nitrogen and oxygen atoms in total. The van der Waals surface area contributed by atoms with Gasteiger partial charge in [0.2, 0.25) is 5.91 Å². The number of carbonyl (C=O) groups is 1. The third-order valence-electron chi connectivity index (χ3n) is 3.97. The number of rotatable bonds is 1. The first-order chi connectivity index (χ1) is 8.79. The Kier molecular flexibility index (Phi) is 2.79. The van der Waals surface area contributed by atoms with Gasteiger partial charge in [0, 0.05) is 18.7 Å². The Bertz CT molecular complexity index is 530. The summed E-state index contributed by atoms with van der Waals surface area (Å²) < 4.78 is 0. The van der Waals surface area contributed by atoms with Crippen LogP contribution in [0.15, 0.2) is 18.2 Å². The Morgan fingerprint density at radius 2 is 2.11 bits per heavy atom. The number of benzene rings is 1. The van der Waals surface area contributed by atoms with Gasteiger partial charge >= 0.3 is 0 Å². The summed E-state index contributed by atoms with van der Waals surface area (Å²) in [6, 6.07) is 8.44. The van der Waals surface area contributed by atoms with Crippen LogP contribution in [0, 0.1) is 17.2 Å². The second kappa shape index (κ2) is 4.45. The van der Waals surface area contributed by atoms with E-state index >= 15 is 0 Å². The third kappa shape index (κ3) is 1.78. The minimum atomic E-state index is -0.142. The molecule has 1 unspecified atom stereocenters. The summed E-state index contributed by atoms with van der Waals surface area (Å²) >= 11 is 0. The zero-order chi connectivity index (χ0) is 12.5. The van der Waals surface area contributed by atoms with Gasteiger partial charge in [-0.05, 0) is 42.9 Å². The van der Waals surface area contributed by atoms with Gasteiger partial charge in [-0.3, -0.25) is 4.79 Å². The Hall–Kier alpha value is -1.82. The molecule has 0 spiro atoms. The van der Waals surface area contributed by atoms with E-state index in [1.165, 1.54) is 24.0 Å². The highest BCUT2D eigenvalue weighted by molar-refractivity contribution is 5.97. The molecule has 0 saturated carbocycles. The lowest BCUT2D eigenvalue weighted by Crippen LogP contribution is -2.26. The van der Waals surface area contributed by atoms with Crippen molar-refractivity contribution in [2.24, 2.45) is 5.92 Å². The lowest BCUT2D eigenvalue weighted by Gasteiger charge is -2.24. The second-order valence-corrected chi connectivity index (χ2v) is 5.16. The van der Waals surface area contributed by atoms with Crippen LogP contribution in [0.4, 0.5) is 5.69 Å². The molecular formula is C15H16N2O. The molecule has 1 atom stereocenters. The van der Waals surface area contributed by atoms with E-state index in [1.807, 2.05) is 17.0 Å². The SMILES string of the molecule is N#CC1CC(=O)N(c2cccc3c2CCCC3)C1. The number of amides is 1. The molecule has 1 amide bonds. The van der Waals surface area contributed by atoms with Gasteiger partial charge in [0.05, 0.1) is 12.0 Å². The standard InChI is InChI=1S/C15H16N2O/c16-9-11-8-15(18)17(10-11)14-7-3-5-12-4-1-2-6-13(12)14/h3,5,7,11H,1-2,4,6,8,10H2. The maximum Gasteiger partial charge on any atom is 0.228 e. The van der Waals surface area contributed by atoms with Gasteiger partial charge in [-0.1, -0.05) is 12.1 Å². The quantitative estimate of drug-likeness (QED) is 0.756. The summed E-state index contributed by atoms with van der Waals surface area (Å²) in [5, 5.41) is 8.96. The summed E-state index contributed by atoms with van der Waals surface area (Å²) in [5.41, 5.74) is 3.76. The largest absolute Gasteiger partial charge is 0.311 e. The molecule has 0 radical (unpaired) electrons. The predicted octanol–water partition coefficient (Wildman–Crippen LogP) is 2.44. The van der Waals surface area contributed by atoms with Crippen molar-refractivity contribution in [2.75, 3.05) is 11.4 Å². The normalized spacial score (nSPS) is 22.7. The summed E-state index contributed by atoms with van der Waals surface area (Å²) in [4.78, 5) is 13.8. The lowest BCUT2D eigenvalue weighted by atomic mass is 9.90. The smallest absolute Gasteiger partial charge is 0.228 e. The molecule has 1 aliphatic carbocycles. The average Bonchev–Trinajstić information content (AvgIpc) is 2.79. The first-order valence-corrected chi connectivity index (χ1v) is 6.60. The molecule has 0 bridgehead atoms. The summed E-state index contributed by atoms with van der Waals surface area (Å²) in [6.45, 7) is 0.561. The molecule has 2 aliphatic rings. The Morgan fingerprint density at radius 3 is 2.89 bits per heavy atom. The van der Waals surface area contributed by atoms with Crippen LogP contribution in [0.1, 0.15) is 30.4 Å². The molecule has 1 saturated heterocycles. The molecule has 1 heterocycles. The lowest BCUT2D eigenvalue weighted by molar-refractivity contribution is -0.117. The van der Waals surface area contributed by atoms with Gasteiger partial charge in [0.1, 0.15) is 0 Å². The molecule has 3 heteroatoms. The summed E-state index contributed by atoms with van der Waals surface area (Å²) in [5.74, 6) is -0.0440. The van der Waals surface area contributed by atoms with Crippen molar-refractivity contribution < 1.29 is 4.79 Å². The van der Waals surface area contributed by atoms with Crippen molar-refractivity contribution in [3.8, 4) is 6.07 Å². The number of hydrogen-bond donors (Lipinski definition) is 0. The maximum atomic E-state index is 12.0. The van der Waals surface area contributed by atoms with Crippen molar-refractivity contribution in [3.63, 3.8) is 0 Å². The van der Waals surface area contributed by atoms with Crippen LogP contribution in [0.3, 0.4) is 0 Å². The molecule has 1 aliphatic heterocycles. The number of carbonyl (C=O) groups excluding carboxylic acids is 1. The van der Waals surface area contributed by atoms with Gasteiger partial charge < -0.3 is 4.90 Å². The van der Waals surface area contributed by atoms with Crippen LogP contribution in [0.25, 0.3) is 0 Å². The van der Waals surface area contributed by atoms with Gasteiger partial charge in [-0.25, -0.2) is 0 Å². The van der Waals surface area contributed by atoms with Gasteiger partial charge in [0.25, 0.3) is 0 Å². The van der Waals surface area contributed by atoms with E-state index < -0.39 is 0 Å². The monoisotopic (exact) mass is 240 g/mol. The Morgan fingerprint density at radius 1 is 1.28 bits per heavy atom. The number of anilines is 1. The fourth-order valence-electron chi connectivity index (χ4n) is 3.04. The van der Waals surface area contributed by atoms with Crippen molar-refractivity contribution in [1.82, 2.24) is 0 Å². The number of aryl methyl sites for hydroxylation is 1. The topological polar surface area (TPSA) is 44.1 Å². The highest BCUT2D eigenvalue weighted by Gasteiger charge is 2.32. The van der Waals surface area contributed by atoms with Crippen LogP contribution < -0.4 is 4.90 Å². The van der Waals surface area contributed by atoms with Gasteiger partial charge in [-0.2, -0.15) is 5.26 Å². The zero-order valence-corrected chi connectivity index (χ0v) is 10.4. The van der Waals surface area contributed by atoms with Crippen molar-refractivity contribution >= 4 is 11.6 Å². The summed E-state index contributed by atoms with van der Waals surface area (Å²) in [7, 11) is 0. The molecule has 1 aromatic rings. The van der Waals surface area contributed by atoms with E-state index in [-0.39, 0.29) is 11.8 Å². The van der Waals surface area contributed by atoms with Gasteiger partial charge in [-0.15, -0.1) is 0 Å². The minimum absolute atomic E-state index is 0.0977. The van der Waals surface area contributed by atoms with Crippen LogP contribution in [-0.4, -0.2) is 12.5 Å². The number of fused-ring (bicyclic) bond motifs is 1. The molecule has 3 rings (SSSR count). The molecule has 18 heavy (non-hydrogen) atoms. The van der Waals surface area contributed by atoms with E-state index in [0.717, 1.165) is 18.5 Å². The van der Waals surface area contributed by atoms with Crippen LogP contribution >= 0.6 is 0 Å².